The fourth-order valence-electron chi connectivity index (χ4n) is 2.58. The highest BCUT2D eigenvalue weighted by atomic mass is 16.5. The van der Waals surface area contributed by atoms with Crippen molar-refractivity contribution in [2.45, 2.75) is 19.8 Å². The molecule has 0 aliphatic carbocycles. The molecule has 0 aliphatic heterocycles. The zero-order valence-electron chi connectivity index (χ0n) is 14.1. The highest BCUT2D eigenvalue weighted by Crippen LogP contribution is 2.08. The zero-order chi connectivity index (χ0) is 17.6. The second-order valence-electron chi connectivity index (χ2n) is 5.88. The van der Waals surface area contributed by atoms with E-state index in [2.05, 4.69) is 32.8 Å². The van der Waals surface area contributed by atoms with Gasteiger partial charge >= 0.3 is 0 Å². The molecule has 26 heavy (non-hydrogen) atoms. The number of hydrogen-bond donors (Lipinski definition) is 0. The maximum absolute atomic E-state index is 5.69. The molecule has 0 N–H and O–H groups in total. The third-order valence-corrected chi connectivity index (χ3v) is 3.83. The predicted octanol–water partition coefficient (Wildman–Crippen LogP) is 2.62. The fourth-order valence-corrected chi connectivity index (χ4v) is 2.58. The Morgan fingerprint density at radius 2 is 1.38 bits per heavy atom. The zero-order valence-corrected chi connectivity index (χ0v) is 14.1. The first kappa shape index (κ1) is 16.2. The minimum absolute atomic E-state index is 0.373. The number of benzene rings is 2. The Kier molecular flexibility index (Phi) is 4.79. The quantitative estimate of drug-likeness (QED) is 0.514. The monoisotopic (exact) mass is 346 g/mol. The van der Waals surface area contributed by atoms with Gasteiger partial charge in [0, 0.05) is 0 Å². The second kappa shape index (κ2) is 7.71. The lowest BCUT2D eigenvalue weighted by molar-refractivity contribution is 0.102. The largest absolute Gasteiger partial charge is 0.369 e. The van der Waals surface area contributed by atoms with E-state index in [1.807, 2.05) is 60.9 Å². The van der Waals surface area contributed by atoms with Gasteiger partial charge in [0.1, 0.15) is 11.4 Å². The van der Waals surface area contributed by atoms with Crippen LogP contribution in [0.5, 0.6) is 0 Å². The van der Waals surface area contributed by atoms with E-state index in [4.69, 9.17) is 4.74 Å². The molecule has 7 nitrogen and oxygen atoms in total. The molecule has 0 radical (unpaired) electrons. The number of ether oxygens (including phenoxy) is 1. The molecule has 0 bridgehead atoms. The smallest absolute Gasteiger partial charge is 0.109 e. The van der Waals surface area contributed by atoms with Gasteiger partial charge in [0.2, 0.25) is 0 Å². The Balaban J connectivity index is 1.29. The second-order valence-corrected chi connectivity index (χ2v) is 5.88. The Hall–Kier alpha value is -3.32. The molecule has 7 heteroatoms. The molecule has 130 valence electrons. The van der Waals surface area contributed by atoms with Crippen molar-refractivity contribution in [3.63, 3.8) is 0 Å². The van der Waals surface area contributed by atoms with Crippen LogP contribution in [0.1, 0.15) is 17.0 Å². The molecule has 4 rings (SSSR count). The Labute approximate surface area is 150 Å². The molecule has 0 unspecified atom stereocenters. The summed E-state index contributed by atoms with van der Waals surface area (Å²) in [7, 11) is 0. The van der Waals surface area contributed by atoms with Gasteiger partial charge in [-0.05, 0) is 17.7 Å². The van der Waals surface area contributed by atoms with Crippen molar-refractivity contribution in [1.82, 2.24) is 30.0 Å². The van der Waals surface area contributed by atoms with Crippen molar-refractivity contribution < 1.29 is 4.74 Å². The third-order valence-electron chi connectivity index (χ3n) is 3.83. The molecule has 0 aliphatic rings. The van der Waals surface area contributed by atoms with Crippen molar-refractivity contribution in [3.8, 4) is 5.69 Å². The molecular formula is C19H18N6O. The normalized spacial score (nSPS) is 10.9. The lowest BCUT2D eigenvalue weighted by Crippen LogP contribution is -1.99. The first-order chi connectivity index (χ1) is 12.9. The van der Waals surface area contributed by atoms with Crippen molar-refractivity contribution >= 4 is 0 Å². The maximum atomic E-state index is 5.69. The van der Waals surface area contributed by atoms with E-state index in [1.54, 1.807) is 9.36 Å². The molecule has 0 saturated heterocycles. The van der Waals surface area contributed by atoms with Crippen molar-refractivity contribution in [2.75, 3.05) is 0 Å². The molecule has 0 amide bonds. The van der Waals surface area contributed by atoms with E-state index in [-0.39, 0.29) is 0 Å². The summed E-state index contributed by atoms with van der Waals surface area (Å²) in [6.45, 7) is 1.45. The summed E-state index contributed by atoms with van der Waals surface area (Å²) in [5.41, 5.74) is 3.71. The Bertz CT molecular complexity index is 948. The van der Waals surface area contributed by atoms with Gasteiger partial charge in [-0.25, -0.2) is 9.36 Å². The van der Waals surface area contributed by atoms with Crippen LogP contribution in [0, 0.1) is 0 Å². The maximum Gasteiger partial charge on any atom is 0.109 e. The minimum atomic E-state index is 0.373. The molecule has 0 fully saturated rings. The van der Waals surface area contributed by atoms with Crippen LogP contribution in [0.15, 0.2) is 73.1 Å². The number of rotatable bonds is 7. The third kappa shape index (κ3) is 4.01. The van der Waals surface area contributed by atoms with Gasteiger partial charge in [-0.15, -0.1) is 10.2 Å². The van der Waals surface area contributed by atoms with Crippen LogP contribution < -0.4 is 0 Å². The van der Waals surface area contributed by atoms with Crippen LogP contribution in [0.2, 0.25) is 0 Å². The first-order valence-corrected chi connectivity index (χ1v) is 8.34. The van der Waals surface area contributed by atoms with Gasteiger partial charge in [0.05, 0.1) is 37.8 Å². The van der Waals surface area contributed by atoms with Gasteiger partial charge in [-0.1, -0.05) is 59.0 Å². The van der Waals surface area contributed by atoms with Crippen LogP contribution in [-0.2, 0) is 24.5 Å². The van der Waals surface area contributed by atoms with E-state index < -0.39 is 0 Å². The van der Waals surface area contributed by atoms with Crippen molar-refractivity contribution in [1.29, 1.82) is 0 Å². The summed E-state index contributed by atoms with van der Waals surface area (Å²) in [5, 5.41) is 16.5. The van der Waals surface area contributed by atoms with Gasteiger partial charge in [-0.3, -0.25) is 0 Å². The number of hydrogen-bond acceptors (Lipinski definition) is 5. The summed E-state index contributed by atoms with van der Waals surface area (Å²) >= 11 is 0. The Morgan fingerprint density at radius 3 is 2.15 bits per heavy atom. The van der Waals surface area contributed by atoms with E-state index in [0.717, 1.165) is 17.1 Å². The molecule has 0 saturated carbocycles. The standard InChI is InChI=1S/C19H18N6O/c1-3-7-16(8-4-1)11-24-12-17(20-22-24)14-26-15-18-13-25(23-21-18)19-9-5-2-6-10-19/h1-10,12-13H,11,14-15H2. The van der Waals surface area contributed by atoms with Crippen molar-refractivity contribution in [2.24, 2.45) is 0 Å². The lowest BCUT2D eigenvalue weighted by atomic mass is 10.2. The highest BCUT2D eigenvalue weighted by molar-refractivity contribution is 5.29. The average molecular weight is 346 g/mol. The molecule has 0 atom stereocenters. The summed E-state index contributed by atoms with van der Waals surface area (Å²) in [5.74, 6) is 0. The van der Waals surface area contributed by atoms with Gasteiger partial charge < -0.3 is 4.74 Å². The van der Waals surface area contributed by atoms with E-state index in [0.29, 0.717) is 19.8 Å². The van der Waals surface area contributed by atoms with E-state index >= 15 is 0 Å². The SMILES string of the molecule is c1ccc(Cn2cc(COCc3cn(-c4ccccc4)nn3)nn2)cc1. The van der Waals surface area contributed by atoms with Crippen LogP contribution >= 0.6 is 0 Å². The lowest BCUT2D eigenvalue weighted by Gasteiger charge is -2.00. The highest BCUT2D eigenvalue weighted by Gasteiger charge is 2.05. The molecular weight excluding hydrogens is 328 g/mol. The summed E-state index contributed by atoms with van der Waals surface area (Å²) in [4.78, 5) is 0. The number of aromatic nitrogens is 6. The minimum Gasteiger partial charge on any atom is -0.369 e. The van der Waals surface area contributed by atoms with Crippen molar-refractivity contribution in [3.05, 3.63) is 90.0 Å². The van der Waals surface area contributed by atoms with Crippen LogP contribution in [0.25, 0.3) is 5.69 Å². The Morgan fingerprint density at radius 1 is 0.731 bits per heavy atom. The van der Waals surface area contributed by atoms with E-state index in [1.165, 1.54) is 5.56 Å². The molecule has 2 aromatic heterocycles. The molecule has 0 spiro atoms. The van der Waals surface area contributed by atoms with Crippen LogP contribution in [0.3, 0.4) is 0 Å². The van der Waals surface area contributed by atoms with Crippen LogP contribution in [0.4, 0.5) is 0 Å². The molecule has 4 aromatic rings. The summed E-state index contributed by atoms with van der Waals surface area (Å²) in [6, 6.07) is 20.0. The summed E-state index contributed by atoms with van der Waals surface area (Å²) < 4.78 is 9.22. The summed E-state index contributed by atoms with van der Waals surface area (Å²) in [6.07, 6.45) is 3.76. The van der Waals surface area contributed by atoms with Gasteiger partial charge in [0.15, 0.2) is 0 Å². The number of nitrogens with zero attached hydrogens (tertiary/aromatic N) is 6. The molecule has 2 heterocycles. The van der Waals surface area contributed by atoms with Crippen LogP contribution in [-0.4, -0.2) is 30.0 Å². The average Bonchev–Trinajstić information content (AvgIpc) is 3.33. The predicted molar refractivity (Wildman–Crippen MR) is 95.4 cm³/mol. The van der Waals surface area contributed by atoms with E-state index in [9.17, 15) is 0 Å². The number of para-hydroxylation sites is 1. The molecule has 2 aromatic carbocycles. The first-order valence-electron chi connectivity index (χ1n) is 8.34. The fraction of sp³-hybridized carbons (Fsp3) is 0.158. The topological polar surface area (TPSA) is 70.7 Å². The van der Waals surface area contributed by atoms with Gasteiger partial charge in [-0.2, -0.15) is 0 Å². The van der Waals surface area contributed by atoms with Gasteiger partial charge in [0.25, 0.3) is 0 Å².